The SMILES string of the molecule is CCOc1ccccc1-n1c(C(C)Cl)nc2ccccc21. The zero-order chi connectivity index (χ0) is 14.8. The first-order chi connectivity index (χ1) is 10.2. The molecule has 0 fully saturated rings. The predicted octanol–water partition coefficient (Wildman–Crippen LogP) is 4.72. The van der Waals surface area contributed by atoms with Crippen LogP contribution in [0.15, 0.2) is 48.5 Å². The second kappa shape index (κ2) is 5.78. The number of benzene rings is 2. The number of aromatic nitrogens is 2. The third kappa shape index (κ3) is 2.49. The first kappa shape index (κ1) is 14.0. The zero-order valence-electron chi connectivity index (χ0n) is 12.1. The van der Waals surface area contributed by atoms with Crippen molar-refractivity contribution in [3.63, 3.8) is 0 Å². The number of hydrogen-bond donors (Lipinski definition) is 0. The van der Waals surface area contributed by atoms with Crippen molar-refractivity contribution in [1.29, 1.82) is 0 Å². The summed E-state index contributed by atoms with van der Waals surface area (Å²) in [5.74, 6) is 1.66. The standard InChI is InChI=1S/C17H17ClN2O/c1-3-21-16-11-7-6-10-15(16)20-14-9-5-4-8-13(14)19-17(20)12(2)18/h4-12H,3H2,1-2H3. The average Bonchev–Trinajstić information content (AvgIpc) is 2.88. The summed E-state index contributed by atoms with van der Waals surface area (Å²) >= 11 is 6.33. The number of imidazole rings is 1. The van der Waals surface area contributed by atoms with E-state index in [4.69, 9.17) is 16.3 Å². The van der Waals surface area contributed by atoms with Crippen LogP contribution in [0.3, 0.4) is 0 Å². The van der Waals surface area contributed by atoms with Crippen molar-refractivity contribution in [3.05, 3.63) is 54.4 Å². The van der Waals surface area contributed by atoms with Gasteiger partial charge in [0.25, 0.3) is 0 Å². The second-order valence-electron chi connectivity index (χ2n) is 4.81. The van der Waals surface area contributed by atoms with Crippen molar-refractivity contribution in [2.24, 2.45) is 0 Å². The Morgan fingerprint density at radius 2 is 1.86 bits per heavy atom. The molecule has 21 heavy (non-hydrogen) atoms. The number of nitrogens with zero attached hydrogens (tertiary/aromatic N) is 2. The van der Waals surface area contributed by atoms with Gasteiger partial charge >= 0.3 is 0 Å². The summed E-state index contributed by atoms with van der Waals surface area (Å²) in [5.41, 5.74) is 2.94. The Kier molecular flexibility index (Phi) is 3.84. The van der Waals surface area contributed by atoms with E-state index in [1.165, 1.54) is 0 Å². The molecule has 0 aliphatic carbocycles. The van der Waals surface area contributed by atoms with Crippen LogP contribution in [0, 0.1) is 0 Å². The molecule has 3 nitrogen and oxygen atoms in total. The van der Waals surface area contributed by atoms with Crippen molar-refractivity contribution < 1.29 is 4.74 Å². The van der Waals surface area contributed by atoms with Gasteiger partial charge in [-0.25, -0.2) is 4.98 Å². The van der Waals surface area contributed by atoms with E-state index < -0.39 is 0 Å². The topological polar surface area (TPSA) is 27.1 Å². The smallest absolute Gasteiger partial charge is 0.143 e. The number of fused-ring (bicyclic) bond motifs is 1. The minimum atomic E-state index is -0.188. The van der Waals surface area contributed by atoms with Gasteiger partial charge in [0.15, 0.2) is 0 Å². The van der Waals surface area contributed by atoms with Crippen LogP contribution >= 0.6 is 11.6 Å². The van der Waals surface area contributed by atoms with Crippen LogP contribution < -0.4 is 4.74 Å². The molecular formula is C17H17ClN2O. The minimum absolute atomic E-state index is 0.188. The van der Waals surface area contributed by atoms with Gasteiger partial charge in [-0.2, -0.15) is 0 Å². The normalized spacial score (nSPS) is 12.5. The van der Waals surface area contributed by atoms with E-state index in [0.717, 1.165) is 28.3 Å². The molecule has 108 valence electrons. The molecule has 0 amide bonds. The molecule has 3 rings (SSSR count). The van der Waals surface area contributed by atoms with Crippen molar-refractivity contribution >= 4 is 22.6 Å². The van der Waals surface area contributed by atoms with E-state index in [2.05, 4.69) is 9.55 Å². The van der Waals surface area contributed by atoms with Crippen LogP contribution in [0.1, 0.15) is 25.0 Å². The first-order valence-electron chi connectivity index (χ1n) is 7.06. The molecule has 0 radical (unpaired) electrons. The van der Waals surface area contributed by atoms with Gasteiger partial charge in [0, 0.05) is 0 Å². The molecule has 2 aromatic carbocycles. The molecule has 3 aromatic rings. The average molecular weight is 301 g/mol. The highest BCUT2D eigenvalue weighted by molar-refractivity contribution is 6.20. The molecule has 1 unspecified atom stereocenters. The van der Waals surface area contributed by atoms with Crippen molar-refractivity contribution in [3.8, 4) is 11.4 Å². The van der Waals surface area contributed by atoms with Crippen molar-refractivity contribution in [2.75, 3.05) is 6.61 Å². The van der Waals surface area contributed by atoms with Crippen LogP contribution in [0.4, 0.5) is 0 Å². The van der Waals surface area contributed by atoms with Crippen LogP contribution in [-0.4, -0.2) is 16.2 Å². The third-order valence-corrected chi connectivity index (χ3v) is 3.54. The number of halogens is 1. The van der Waals surface area contributed by atoms with Crippen molar-refractivity contribution in [2.45, 2.75) is 19.2 Å². The molecule has 0 N–H and O–H groups in total. The van der Waals surface area contributed by atoms with E-state index in [0.29, 0.717) is 6.61 Å². The Labute approximate surface area is 129 Å². The molecule has 1 heterocycles. The summed E-state index contributed by atoms with van der Waals surface area (Å²) in [5, 5.41) is -0.188. The predicted molar refractivity (Wildman–Crippen MR) is 86.5 cm³/mol. The Balaban J connectivity index is 2.31. The molecule has 1 aromatic heterocycles. The molecule has 0 spiro atoms. The van der Waals surface area contributed by atoms with Gasteiger partial charge in [-0.05, 0) is 38.1 Å². The highest BCUT2D eigenvalue weighted by atomic mass is 35.5. The Hall–Kier alpha value is -2.00. The zero-order valence-corrected chi connectivity index (χ0v) is 12.8. The van der Waals surface area contributed by atoms with Gasteiger partial charge in [0.2, 0.25) is 0 Å². The lowest BCUT2D eigenvalue weighted by atomic mass is 10.2. The number of para-hydroxylation sites is 4. The Bertz CT molecular complexity index is 764. The van der Waals surface area contributed by atoms with Gasteiger partial charge in [-0.15, -0.1) is 11.6 Å². The largest absolute Gasteiger partial charge is 0.492 e. The fourth-order valence-electron chi connectivity index (χ4n) is 2.48. The van der Waals surface area contributed by atoms with Gasteiger partial charge in [-0.3, -0.25) is 4.57 Å². The highest BCUT2D eigenvalue weighted by Gasteiger charge is 2.18. The molecule has 4 heteroatoms. The summed E-state index contributed by atoms with van der Waals surface area (Å²) < 4.78 is 7.83. The lowest BCUT2D eigenvalue weighted by Crippen LogP contribution is -2.05. The molecular weight excluding hydrogens is 284 g/mol. The number of rotatable bonds is 4. The molecule has 0 saturated carbocycles. The van der Waals surface area contributed by atoms with Gasteiger partial charge in [0.1, 0.15) is 11.6 Å². The number of alkyl halides is 1. The summed E-state index contributed by atoms with van der Waals surface area (Å²) in [6, 6.07) is 16.0. The Morgan fingerprint density at radius 3 is 2.62 bits per heavy atom. The molecule has 0 aliphatic rings. The minimum Gasteiger partial charge on any atom is -0.492 e. The lowest BCUT2D eigenvalue weighted by Gasteiger charge is -2.15. The van der Waals surface area contributed by atoms with Crippen LogP contribution in [-0.2, 0) is 0 Å². The first-order valence-corrected chi connectivity index (χ1v) is 7.49. The summed E-state index contributed by atoms with van der Waals surface area (Å²) in [6.45, 7) is 4.53. The molecule has 0 aliphatic heterocycles. The van der Waals surface area contributed by atoms with Gasteiger partial charge < -0.3 is 4.74 Å². The fraction of sp³-hybridized carbons (Fsp3) is 0.235. The van der Waals surface area contributed by atoms with Crippen LogP contribution in [0.2, 0.25) is 0 Å². The van der Waals surface area contributed by atoms with Crippen LogP contribution in [0.5, 0.6) is 5.75 Å². The molecule has 0 bridgehead atoms. The molecule has 0 saturated heterocycles. The fourth-order valence-corrected chi connectivity index (χ4v) is 2.63. The lowest BCUT2D eigenvalue weighted by molar-refractivity contribution is 0.339. The maximum atomic E-state index is 6.33. The Morgan fingerprint density at radius 1 is 1.14 bits per heavy atom. The maximum absolute atomic E-state index is 6.33. The van der Waals surface area contributed by atoms with E-state index in [1.807, 2.05) is 62.4 Å². The summed E-state index contributed by atoms with van der Waals surface area (Å²) in [4.78, 5) is 4.67. The van der Waals surface area contributed by atoms with E-state index in [1.54, 1.807) is 0 Å². The van der Waals surface area contributed by atoms with Gasteiger partial charge in [-0.1, -0.05) is 24.3 Å². The number of hydrogen-bond acceptors (Lipinski definition) is 2. The number of ether oxygens (including phenoxy) is 1. The molecule has 1 atom stereocenters. The summed E-state index contributed by atoms with van der Waals surface area (Å²) in [6.07, 6.45) is 0. The maximum Gasteiger partial charge on any atom is 0.143 e. The monoisotopic (exact) mass is 300 g/mol. The van der Waals surface area contributed by atoms with E-state index in [9.17, 15) is 0 Å². The van der Waals surface area contributed by atoms with Gasteiger partial charge in [0.05, 0.1) is 28.7 Å². The summed E-state index contributed by atoms with van der Waals surface area (Å²) in [7, 11) is 0. The van der Waals surface area contributed by atoms with Crippen LogP contribution in [0.25, 0.3) is 16.7 Å². The van der Waals surface area contributed by atoms with E-state index >= 15 is 0 Å². The van der Waals surface area contributed by atoms with E-state index in [-0.39, 0.29) is 5.38 Å². The third-order valence-electron chi connectivity index (χ3n) is 3.35. The highest BCUT2D eigenvalue weighted by Crippen LogP contribution is 2.32. The van der Waals surface area contributed by atoms with Crippen molar-refractivity contribution in [1.82, 2.24) is 9.55 Å². The second-order valence-corrected chi connectivity index (χ2v) is 5.47. The quantitative estimate of drug-likeness (QED) is 0.652.